The Morgan fingerprint density at radius 2 is 2.22 bits per heavy atom. The van der Waals surface area contributed by atoms with Crippen LogP contribution in [0.5, 0.6) is 0 Å². The van der Waals surface area contributed by atoms with Gasteiger partial charge in [0.2, 0.25) is 5.91 Å². The standard InChI is InChI=1S/C15H19N5O2.ClH/c1-11-14(16-7-8-22-11)15(21)17-9-13-19-18-10-20(13)12-5-3-2-4-6-12;/h2-6,10-11,14,16H,7-9H2,1H3,(H,17,21);1H/t11-,14+;/m1./s1. The van der Waals surface area contributed by atoms with Gasteiger partial charge in [0.15, 0.2) is 5.82 Å². The molecule has 1 amide bonds. The number of carbonyl (C=O) groups is 1. The molecule has 0 unspecified atom stereocenters. The summed E-state index contributed by atoms with van der Waals surface area (Å²) in [6, 6.07) is 9.44. The molecule has 124 valence electrons. The molecule has 0 aliphatic carbocycles. The van der Waals surface area contributed by atoms with Crippen LogP contribution in [0.3, 0.4) is 0 Å². The molecule has 1 fully saturated rings. The van der Waals surface area contributed by atoms with Gasteiger partial charge in [-0.3, -0.25) is 9.36 Å². The van der Waals surface area contributed by atoms with Crippen LogP contribution in [0.25, 0.3) is 5.69 Å². The van der Waals surface area contributed by atoms with E-state index in [1.165, 1.54) is 0 Å². The van der Waals surface area contributed by atoms with Gasteiger partial charge < -0.3 is 15.4 Å². The van der Waals surface area contributed by atoms with Gasteiger partial charge in [0.25, 0.3) is 0 Å². The van der Waals surface area contributed by atoms with Crippen molar-refractivity contribution in [2.75, 3.05) is 13.2 Å². The number of hydrogen-bond acceptors (Lipinski definition) is 5. The van der Waals surface area contributed by atoms with Crippen molar-refractivity contribution in [2.24, 2.45) is 0 Å². The minimum Gasteiger partial charge on any atom is -0.375 e. The van der Waals surface area contributed by atoms with Crippen LogP contribution in [-0.2, 0) is 16.1 Å². The van der Waals surface area contributed by atoms with Gasteiger partial charge in [-0.1, -0.05) is 18.2 Å². The van der Waals surface area contributed by atoms with E-state index in [1.54, 1.807) is 6.33 Å². The van der Waals surface area contributed by atoms with Crippen LogP contribution in [0.1, 0.15) is 12.7 Å². The molecular weight excluding hydrogens is 318 g/mol. The van der Waals surface area contributed by atoms with Gasteiger partial charge in [-0.15, -0.1) is 22.6 Å². The Bertz CT molecular complexity index is 634. The molecule has 2 N–H and O–H groups in total. The van der Waals surface area contributed by atoms with Gasteiger partial charge in [-0.2, -0.15) is 0 Å². The number of amides is 1. The lowest BCUT2D eigenvalue weighted by Gasteiger charge is -2.29. The number of para-hydroxylation sites is 1. The summed E-state index contributed by atoms with van der Waals surface area (Å²) in [6.07, 6.45) is 1.50. The number of rotatable bonds is 4. The summed E-state index contributed by atoms with van der Waals surface area (Å²) in [6.45, 7) is 3.53. The molecule has 1 aromatic heterocycles. The van der Waals surface area contributed by atoms with Crippen molar-refractivity contribution in [3.05, 3.63) is 42.5 Å². The second-order valence-corrected chi connectivity index (χ2v) is 5.18. The third kappa shape index (κ3) is 4.07. The molecule has 3 rings (SSSR count). The number of hydrogen-bond donors (Lipinski definition) is 2. The molecule has 1 aliphatic rings. The van der Waals surface area contributed by atoms with Gasteiger partial charge >= 0.3 is 0 Å². The quantitative estimate of drug-likeness (QED) is 0.857. The van der Waals surface area contributed by atoms with Crippen LogP contribution in [0.15, 0.2) is 36.7 Å². The normalized spacial score (nSPS) is 20.6. The second-order valence-electron chi connectivity index (χ2n) is 5.18. The minimum absolute atomic E-state index is 0. The SMILES string of the molecule is C[C@H]1OCCN[C@@H]1C(=O)NCc1nncn1-c1ccccc1.Cl. The fraction of sp³-hybridized carbons (Fsp3) is 0.400. The molecule has 2 aromatic rings. The van der Waals surface area contributed by atoms with E-state index in [9.17, 15) is 4.79 Å². The van der Waals surface area contributed by atoms with Gasteiger partial charge in [0.1, 0.15) is 12.4 Å². The predicted molar refractivity (Wildman–Crippen MR) is 87.7 cm³/mol. The van der Waals surface area contributed by atoms with Crippen LogP contribution in [-0.4, -0.2) is 46.0 Å². The van der Waals surface area contributed by atoms with Crippen LogP contribution in [0, 0.1) is 0 Å². The first-order valence-electron chi connectivity index (χ1n) is 7.33. The van der Waals surface area contributed by atoms with Crippen molar-refractivity contribution >= 4 is 18.3 Å². The Morgan fingerprint density at radius 3 is 2.96 bits per heavy atom. The van der Waals surface area contributed by atoms with E-state index in [1.807, 2.05) is 41.8 Å². The van der Waals surface area contributed by atoms with Gasteiger partial charge in [0.05, 0.1) is 19.3 Å². The Balaban J connectivity index is 0.00000192. The zero-order chi connectivity index (χ0) is 15.4. The summed E-state index contributed by atoms with van der Waals surface area (Å²) in [5.41, 5.74) is 0.962. The van der Waals surface area contributed by atoms with Crippen molar-refractivity contribution in [3.63, 3.8) is 0 Å². The van der Waals surface area contributed by atoms with Crippen molar-refractivity contribution in [1.82, 2.24) is 25.4 Å². The number of halogens is 1. The summed E-state index contributed by atoms with van der Waals surface area (Å²) in [5.74, 6) is 0.596. The van der Waals surface area contributed by atoms with Crippen molar-refractivity contribution in [1.29, 1.82) is 0 Å². The van der Waals surface area contributed by atoms with E-state index < -0.39 is 0 Å². The average molecular weight is 338 g/mol. The van der Waals surface area contributed by atoms with Crippen LogP contribution in [0.4, 0.5) is 0 Å². The summed E-state index contributed by atoms with van der Waals surface area (Å²) < 4.78 is 7.34. The topological polar surface area (TPSA) is 81.1 Å². The lowest BCUT2D eigenvalue weighted by atomic mass is 10.1. The molecule has 2 atom stereocenters. The van der Waals surface area contributed by atoms with E-state index in [0.29, 0.717) is 25.5 Å². The Labute approximate surface area is 140 Å². The zero-order valence-corrected chi connectivity index (χ0v) is 13.6. The maximum absolute atomic E-state index is 12.2. The highest BCUT2D eigenvalue weighted by Crippen LogP contribution is 2.09. The van der Waals surface area contributed by atoms with E-state index >= 15 is 0 Å². The number of morpholine rings is 1. The van der Waals surface area contributed by atoms with Crippen LogP contribution < -0.4 is 10.6 Å². The first-order valence-corrected chi connectivity index (χ1v) is 7.33. The van der Waals surface area contributed by atoms with Crippen LogP contribution in [0.2, 0.25) is 0 Å². The van der Waals surface area contributed by atoms with Gasteiger partial charge in [0, 0.05) is 12.2 Å². The highest BCUT2D eigenvalue weighted by Gasteiger charge is 2.28. The smallest absolute Gasteiger partial charge is 0.240 e. The number of nitrogens with zero attached hydrogens (tertiary/aromatic N) is 3. The first-order chi connectivity index (χ1) is 10.8. The Morgan fingerprint density at radius 1 is 1.43 bits per heavy atom. The number of aromatic nitrogens is 3. The predicted octanol–water partition coefficient (Wildman–Crippen LogP) is 0.682. The lowest BCUT2D eigenvalue weighted by Crippen LogP contribution is -2.55. The number of nitrogens with one attached hydrogen (secondary N) is 2. The number of benzene rings is 1. The average Bonchev–Trinajstić information content (AvgIpc) is 3.02. The maximum atomic E-state index is 12.2. The highest BCUT2D eigenvalue weighted by atomic mass is 35.5. The molecule has 23 heavy (non-hydrogen) atoms. The number of carbonyl (C=O) groups excluding carboxylic acids is 1. The molecule has 7 nitrogen and oxygen atoms in total. The molecule has 0 radical (unpaired) electrons. The molecule has 0 spiro atoms. The molecule has 0 saturated carbocycles. The zero-order valence-electron chi connectivity index (χ0n) is 12.8. The Kier molecular flexibility index (Phi) is 6.09. The Hall–Kier alpha value is -1.96. The molecule has 1 saturated heterocycles. The lowest BCUT2D eigenvalue weighted by molar-refractivity contribution is -0.129. The first kappa shape index (κ1) is 17.4. The van der Waals surface area contributed by atoms with E-state index in [2.05, 4.69) is 20.8 Å². The molecule has 8 heteroatoms. The fourth-order valence-corrected chi connectivity index (χ4v) is 2.49. The third-order valence-electron chi connectivity index (χ3n) is 3.67. The van der Waals surface area contributed by atoms with E-state index in [4.69, 9.17) is 4.74 Å². The molecule has 1 aromatic carbocycles. The van der Waals surface area contributed by atoms with Crippen LogP contribution >= 0.6 is 12.4 Å². The minimum atomic E-state index is -0.332. The largest absolute Gasteiger partial charge is 0.375 e. The van der Waals surface area contributed by atoms with Gasteiger partial charge in [-0.05, 0) is 19.1 Å². The maximum Gasteiger partial charge on any atom is 0.240 e. The third-order valence-corrected chi connectivity index (χ3v) is 3.67. The second kappa shape index (κ2) is 8.05. The summed E-state index contributed by atoms with van der Waals surface area (Å²) in [4.78, 5) is 12.2. The summed E-state index contributed by atoms with van der Waals surface area (Å²) >= 11 is 0. The molecular formula is C15H20ClN5O2. The van der Waals surface area contributed by atoms with E-state index in [-0.39, 0.29) is 30.5 Å². The summed E-state index contributed by atoms with van der Waals surface area (Å²) in [5, 5.41) is 14.1. The van der Waals surface area contributed by atoms with Crippen molar-refractivity contribution in [2.45, 2.75) is 25.6 Å². The van der Waals surface area contributed by atoms with Crippen molar-refractivity contribution in [3.8, 4) is 5.69 Å². The monoisotopic (exact) mass is 337 g/mol. The van der Waals surface area contributed by atoms with Gasteiger partial charge in [-0.25, -0.2) is 0 Å². The molecule has 1 aliphatic heterocycles. The fourth-order valence-electron chi connectivity index (χ4n) is 2.49. The van der Waals surface area contributed by atoms with E-state index in [0.717, 1.165) is 5.69 Å². The summed E-state index contributed by atoms with van der Waals surface area (Å²) in [7, 11) is 0. The molecule has 0 bridgehead atoms. The molecule has 2 heterocycles. The highest BCUT2D eigenvalue weighted by molar-refractivity contribution is 5.85. The van der Waals surface area contributed by atoms with Crippen molar-refractivity contribution < 1.29 is 9.53 Å². The number of ether oxygens (including phenoxy) is 1.